The largest absolute Gasteiger partial charge is 0.492 e. The lowest BCUT2D eigenvalue weighted by Gasteiger charge is -2.41. The molecular weight excluding hydrogens is 493 g/mol. The van der Waals surface area contributed by atoms with Gasteiger partial charge >= 0.3 is 0 Å². The van der Waals surface area contributed by atoms with E-state index in [-0.39, 0.29) is 29.5 Å². The van der Waals surface area contributed by atoms with E-state index in [1.54, 1.807) is 0 Å². The number of benzene rings is 1. The topological polar surface area (TPSA) is 61.4 Å². The number of para-hydroxylation sites is 1. The van der Waals surface area contributed by atoms with Crippen LogP contribution >= 0.6 is 24.0 Å². The molecule has 172 valence electrons. The third-order valence-corrected chi connectivity index (χ3v) is 5.08. The number of likely N-dealkylation sites (N-methyl/N-ethyl adjacent to an activating group) is 1. The lowest BCUT2D eigenvalue weighted by atomic mass is 10.0. The third-order valence-electron chi connectivity index (χ3n) is 5.08. The van der Waals surface area contributed by atoms with Crippen molar-refractivity contribution in [3.05, 3.63) is 29.8 Å². The zero-order valence-corrected chi connectivity index (χ0v) is 21.6. The number of nitrogens with zero attached hydrogens (tertiary/aromatic N) is 3. The SMILES string of the molecule is CCNC(=NCc1ccccc1OCCN(C)C)NCC(C)(C)N1CCOCC1.I. The maximum Gasteiger partial charge on any atom is 0.191 e. The van der Waals surface area contributed by atoms with Crippen molar-refractivity contribution in [3.8, 4) is 5.75 Å². The molecule has 30 heavy (non-hydrogen) atoms. The number of guanidine groups is 1. The van der Waals surface area contributed by atoms with E-state index >= 15 is 0 Å². The first-order valence-electron chi connectivity index (χ1n) is 10.6. The predicted molar refractivity (Wildman–Crippen MR) is 135 cm³/mol. The number of hydrogen-bond acceptors (Lipinski definition) is 5. The molecule has 2 N–H and O–H groups in total. The Labute approximate surface area is 199 Å². The Bertz CT molecular complexity index is 634. The van der Waals surface area contributed by atoms with Crippen LogP contribution in [0.3, 0.4) is 0 Å². The van der Waals surface area contributed by atoms with E-state index in [4.69, 9.17) is 14.5 Å². The summed E-state index contributed by atoms with van der Waals surface area (Å²) >= 11 is 0. The Morgan fingerprint density at radius 1 is 1.20 bits per heavy atom. The molecule has 1 aliphatic heterocycles. The van der Waals surface area contributed by atoms with E-state index in [0.29, 0.717) is 13.2 Å². The van der Waals surface area contributed by atoms with E-state index in [2.05, 4.69) is 47.3 Å². The van der Waals surface area contributed by atoms with Gasteiger partial charge in [-0.25, -0.2) is 4.99 Å². The van der Waals surface area contributed by atoms with E-state index in [1.807, 2.05) is 32.3 Å². The average molecular weight is 533 g/mol. The normalized spacial score (nSPS) is 15.6. The van der Waals surface area contributed by atoms with Crippen molar-refractivity contribution in [2.75, 3.05) is 66.6 Å². The molecule has 0 aromatic heterocycles. The number of ether oxygens (including phenoxy) is 2. The Kier molecular flexibility index (Phi) is 12.6. The summed E-state index contributed by atoms with van der Waals surface area (Å²) in [7, 11) is 4.10. The highest BCUT2D eigenvalue weighted by molar-refractivity contribution is 14.0. The van der Waals surface area contributed by atoms with Crippen LogP contribution in [0.25, 0.3) is 0 Å². The maximum absolute atomic E-state index is 5.96. The number of rotatable bonds is 10. The van der Waals surface area contributed by atoms with Crippen LogP contribution in [0.4, 0.5) is 0 Å². The summed E-state index contributed by atoms with van der Waals surface area (Å²) in [5, 5.41) is 6.87. The van der Waals surface area contributed by atoms with Crippen LogP contribution in [0.2, 0.25) is 0 Å². The lowest BCUT2D eigenvalue weighted by Crippen LogP contribution is -2.56. The van der Waals surface area contributed by atoms with Crippen molar-refractivity contribution in [3.63, 3.8) is 0 Å². The highest BCUT2D eigenvalue weighted by Crippen LogP contribution is 2.19. The zero-order chi connectivity index (χ0) is 21.1. The van der Waals surface area contributed by atoms with Gasteiger partial charge in [-0.1, -0.05) is 18.2 Å². The molecule has 7 nitrogen and oxygen atoms in total. The molecule has 0 bridgehead atoms. The fourth-order valence-corrected chi connectivity index (χ4v) is 3.20. The fraction of sp³-hybridized carbons (Fsp3) is 0.682. The molecule has 1 aliphatic rings. The van der Waals surface area contributed by atoms with Gasteiger partial charge in [-0.2, -0.15) is 0 Å². The monoisotopic (exact) mass is 533 g/mol. The van der Waals surface area contributed by atoms with Crippen LogP contribution in [0, 0.1) is 0 Å². The summed E-state index contributed by atoms with van der Waals surface area (Å²) in [6, 6.07) is 8.14. The van der Waals surface area contributed by atoms with Crippen LogP contribution in [0.1, 0.15) is 26.3 Å². The minimum absolute atomic E-state index is 0. The molecule has 0 aliphatic carbocycles. The Hall–Kier alpha value is -1.10. The van der Waals surface area contributed by atoms with Gasteiger partial charge in [0.25, 0.3) is 0 Å². The van der Waals surface area contributed by atoms with Crippen molar-refractivity contribution >= 4 is 29.9 Å². The molecule has 1 saturated heterocycles. The summed E-state index contributed by atoms with van der Waals surface area (Å²) in [4.78, 5) is 9.38. The second kappa shape index (κ2) is 14.1. The van der Waals surface area contributed by atoms with Gasteiger partial charge in [-0.05, 0) is 40.9 Å². The van der Waals surface area contributed by atoms with Gasteiger partial charge in [0.05, 0.1) is 19.8 Å². The Morgan fingerprint density at radius 3 is 2.57 bits per heavy atom. The lowest BCUT2D eigenvalue weighted by molar-refractivity contribution is -0.00834. The zero-order valence-electron chi connectivity index (χ0n) is 19.2. The molecular formula is C22H40IN5O2. The number of hydrogen-bond donors (Lipinski definition) is 2. The summed E-state index contributed by atoms with van der Waals surface area (Å²) < 4.78 is 11.4. The van der Waals surface area contributed by atoms with Gasteiger partial charge in [0.15, 0.2) is 5.96 Å². The summed E-state index contributed by atoms with van der Waals surface area (Å²) in [6.07, 6.45) is 0. The first kappa shape index (κ1) is 26.9. The minimum atomic E-state index is 0. The summed E-state index contributed by atoms with van der Waals surface area (Å²) in [5.74, 6) is 1.74. The smallest absolute Gasteiger partial charge is 0.191 e. The first-order valence-corrected chi connectivity index (χ1v) is 10.6. The molecule has 0 atom stereocenters. The molecule has 1 heterocycles. The van der Waals surface area contributed by atoms with Gasteiger partial charge < -0.3 is 25.0 Å². The number of aliphatic imine (C=N–C) groups is 1. The number of morpholine rings is 1. The second-order valence-corrected chi connectivity index (χ2v) is 8.22. The second-order valence-electron chi connectivity index (χ2n) is 8.22. The number of halogens is 1. The van der Waals surface area contributed by atoms with E-state index in [9.17, 15) is 0 Å². The Balaban J connectivity index is 0.00000450. The van der Waals surface area contributed by atoms with Crippen LogP contribution in [-0.4, -0.2) is 87.9 Å². The van der Waals surface area contributed by atoms with E-state index < -0.39 is 0 Å². The maximum atomic E-state index is 5.96. The van der Waals surface area contributed by atoms with E-state index in [1.165, 1.54) is 0 Å². The van der Waals surface area contributed by atoms with Crippen molar-refractivity contribution in [1.82, 2.24) is 20.4 Å². The molecule has 0 unspecified atom stereocenters. The van der Waals surface area contributed by atoms with Crippen molar-refractivity contribution in [2.45, 2.75) is 32.9 Å². The molecule has 0 radical (unpaired) electrons. The standard InChI is InChI=1S/C22H39N5O2.HI/c1-6-23-21(25-18-22(2,3)27-12-14-28-15-13-27)24-17-19-9-7-8-10-20(19)29-16-11-26(4)5;/h7-10H,6,11-18H2,1-5H3,(H2,23,24,25);1H. The van der Waals surface area contributed by atoms with Gasteiger partial charge in [-0.15, -0.1) is 24.0 Å². The molecule has 0 amide bonds. The van der Waals surface area contributed by atoms with Crippen molar-refractivity contribution < 1.29 is 9.47 Å². The molecule has 0 spiro atoms. The highest BCUT2D eigenvalue weighted by Gasteiger charge is 2.28. The van der Waals surface area contributed by atoms with Gasteiger partial charge in [0, 0.05) is 43.8 Å². The number of nitrogens with one attached hydrogen (secondary N) is 2. The van der Waals surface area contributed by atoms with Crippen LogP contribution in [0.15, 0.2) is 29.3 Å². The van der Waals surface area contributed by atoms with Gasteiger partial charge in [0.2, 0.25) is 0 Å². The Morgan fingerprint density at radius 2 is 1.90 bits per heavy atom. The molecule has 0 saturated carbocycles. The first-order chi connectivity index (χ1) is 13.9. The van der Waals surface area contributed by atoms with Crippen LogP contribution in [0.5, 0.6) is 5.75 Å². The molecule has 1 aromatic rings. The molecule has 8 heteroatoms. The molecule has 2 rings (SSSR count). The van der Waals surface area contributed by atoms with Crippen molar-refractivity contribution in [2.24, 2.45) is 4.99 Å². The minimum Gasteiger partial charge on any atom is -0.492 e. The fourth-order valence-electron chi connectivity index (χ4n) is 3.20. The molecule has 1 fully saturated rings. The third kappa shape index (κ3) is 9.36. The van der Waals surface area contributed by atoms with Gasteiger partial charge in [-0.3, -0.25) is 4.90 Å². The quantitative estimate of drug-likeness (QED) is 0.274. The van der Waals surface area contributed by atoms with Crippen LogP contribution in [-0.2, 0) is 11.3 Å². The molecule has 1 aromatic carbocycles. The predicted octanol–water partition coefficient (Wildman–Crippen LogP) is 2.41. The van der Waals surface area contributed by atoms with Gasteiger partial charge in [0.1, 0.15) is 12.4 Å². The summed E-state index contributed by atoms with van der Waals surface area (Å²) in [5.41, 5.74) is 1.13. The summed E-state index contributed by atoms with van der Waals surface area (Å²) in [6.45, 7) is 14.0. The van der Waals surface area contributed by atoms with Crippen LogP contribution < -0.4 is 15.4 Å². The van der Waals surface area contributed by atoms with Crippen molar-refractivity contribution in [1.29, 1.82) is 0 Å². The highest BCUT2D eigenvalue weighted by atomic mass is 127. The average Bonchev–Trinajstić information content (AvgIpc) is 2.71. The van der Waals surface area contributed by atoms with E-state index in [0.717, 1.165) is 63.2 Å².